The van der Waals surface area contributed by atoms with Crippen LogP contribution in [0.4, 0.5) is 0 Å². The monoisotopic (exact) mass is 279 g/mol. The Balaban J connectivity index is 2.64. The molecule has 1 fully saturated rings. The van der Waals surface area contributed by atoms with Crippen molar-refractivity contribution >= 4 is 26.1 Å². The third kappa shape index (κ3) is 3.43. The fourth-order valence-electron chi connectivity index (χ4n) is 1.66. The maximum Gasteiger partial charge on any atom is 0.322 e. The van der Waals surface area contributed by atoms with Crippen molar-refractivity contribution in [3.8, 4) is 0 Å². The van der Waals surface area contributed by atoms with Crippen molar-refractivity contribution in [2.24, 2.45) is 0 Å². The van der Waals surface area contributed by atoms with E-state index in [1.54, 1.807) is 0 Å². The molecule has 0 saturated carbocycles. The number of carbonyl (C=O) groups is 1. The van der Waals surface area contributed by atoms with Gasteiger partial charge in [-0.05, 0) is 29.9 Å². The fourth-order valence-corrected chi connectivity index (χ4v) is 3.33. The van der Waals surface area contributed by atoms with Gasteiger partial charge in [0.25, 0.3) is 0 Å². The Kier molecular flexibility index (Phi) is 4.29. The Morgan fingerprint density at radius 3 is 2.35 bits per heavy atom. The minimum atomic E-state index is -1.84. The molecule has 0 radical (unpaired) electrons. The van der Waals surface area contributed by atoms with Gasteiger partial charge in [0.05, 0.1) is 6.10 Å². The molecule has 2 atom stereocenters. The average molecular weight is 280 g/mol. The Morgan fingerprint density at radius 2 is 2.00 bits per heavy atom. The Labute approximate surface area is 109 Å². The third-order valence-corrected chi connectivity index (χ3v) is 8.66. The fraction of sp³-hybridized carbons (Fsp3) is 0.909. The lowest BCUT2D eigenvalue weighted by Crippen LogP contribution is -2.44. The van der Waals surface area contributed by atoms with Crippen molar-refractivity contribution in [3.05, 3.63) is 0 Å². The molecule has 0 aromatic carbocycles. The van der Waals surface area contributed by atoms with E-state index in [4.69, 9.17) is 21.3 Å². The molecule has 1 unspecified atom stereocenters. The summed E-state index contributed by atoms with van der Waals surface area (Å²) in [6, 6.07) is -0.619. The number of hydrogen-bond acceptors (Lipinski definition) is 3. The van der Waals surface area contributed by atoms with E-state index in [9.17, 15) is 4.79 Å². The minimum absolute atomic E-state index is 0.0607. The first kappa shape index (κ1) is 15.0. The van der Waals surface area contributed by atoms with Crippen LogP contribution in [0.1, 0.15) is 27.2 Å². The first-order chi connectivity index (χ1) is 7.54. The summed E-state index contributed by atoms with van der Waals surface area (Å²) in [5, 5.41) is 9.12. The zero-order valence-electron chi connectivity index (χ0n) is 11.2. The molecule has 0 aromatic heterocycles. The topological polar surface area (TPSA) is 49.8 Å². The Morgan fingerprint density at radius 1 is 1.47 bits per heavy atom. The van der Waals surface area contributed by atoms with Gasteiger partial charge in [-0.25, -0.2) is 4.42 Å². The molecule has 6 heteroatoms. The second-order valence-corrected chi connectivity index (χ2v) is 11.4. The van der Waals surface area contributed by atoms with Crippen molar-refractivity contribution in [2.75, 3.05) is 6.54 Å². The summed E-state index contributed by atoms with van der Waals surface area (Å²) in [7, 11) is -1.84. The molecule has 0 amide bonds. The molecule has 1 aliphatic heterocycles. The number of carboxylic acid groups (broad SMARTS) is 1. The van der Waals surface area contributed by atoms with E-state index in [1.165, 1.54) is 4.42 Å². The highest BCUT2D eigenvalue weighted by atomic mass is 35.5. The first-order valence-electron chi connectivity index (χ1n) is 5.87. The molecule has 1 heterocycles. The van der Waals surface area contributed by atoms with Crippen molar-refractivity contribution in [1.29, 1.82) is 0 Å². The highest BCUT2D eigenvalue weighted by Crippen LogP contribution is 2.39. The van der Waals surface area contributed by atoms with Crippen LogP contribution in [0, 0.1) is 0 Å². The highest BCUT2D eigenvalue weighted by molar-refractivity contribution is 6.74. The second kappa shape index (κ2) is 4.88. The lowest BCUT2D eigenvalue weighted by molar-refractivity contribution is -0.140. The van der Waals surface area contributed by atoms with Gasteiger partial charge in [-0.3, -0.25) is 4.79 Å². The van der Waals surface area contributed by atoms with Gasteiger partial charge in [0, 0.05) is 13.0 Å². The summed E-state index contributed by atoms with van der Waals surface area (Å²) in [5.74, 6) is -0.874. The molecule has 17 heavy (non-hydrogen) atoms. The van der Waals surface area contributed by atoms with Crippen molar-refractivity contribution < 1.29 is 14.3 Å². The average Bonchev–Trinajstić information content (AvgIpc) is 2.43. The largest absolute Gasteiger partial charge is 0.480 e. The van der Waals surface area contributed by atoms with Crippen LogP contribution in [0.15, 0.2) is 0 Å². The van der Waals surface area contributed by atoms with Gasteiger partial charge < -0.3 is 9.53 Å². The van der Waals surface area contributed by atoms with E-state index in [1.807, 2.05) is 0 Å². The molecule has 4 nitrogen and oxygen atoms in total. The van der Waals surface area contributed by atoms with Crippen molar-refractivity contribution in [2.45, 2.75) is 57.5 Å². The Hall–Kier alpha value is -0.103. The van der Waals surface area contributed by atoms with Gasteiger partial charge in [0.1, 0.15) is 6.04 Å². The molecule has 100 valence electrons. The van der Waals surface area contributed by atoms with Gasteiger partial charge in [0.2, 0.25) is 0 Å². The second-order valence-electron chi connectivity index (χ2n) is 6.17. The zero-order chi connectivity index (χ0) is 13.4. The van der Waals surface area contributed by atoms with Crippen LogP contribution in [0.2, 0.25) is 18.1 Å². The third-order valence-electron chi connectivity index (χ3n) is 3.75. The van der Waals surface area contributed by atoms with Gasteiger partial charge in [-0.1, -0.05) is 20.8 Å². The van der Waals surface area contributed by atoms with E-state index < -0.39 is 20.3 Å². The lowest BCUT2D eigenvalue weighted by atomic mass is 10.2. The van der Waals surface area contributed by atoms with Crippen LogP contribution in [0.3, 0.4) is 0 Å². The minimum Gasteiger partial charge on any atom is -0.480 e. The van der Waals surface area contributed by atoms with Crippen molar-refractivity contribution in [3.63, 3.8) is 0 Å². The number of hydrogen-bond donors (Lipinski definition) is 1. The normalized spacial score (nSPS) is 27.4. The van der Waals surface area contributed by atoms with E-state index >= 15 is 0 Å². The molecule has 1 N–H and O–H groups in total. The summed E-state index contributed by atoms with van der Waals surface area (Å²) in [6.07, 6.45) is 0.417. The van der Waals surface area contributed by atoms with Crippen LogP contribution >= 0.6 is 11.8 Å². The van der Waals surface area contributed by atoms with E-state index in [0.29, 0.717) is 13.0 Å². The van der Waals surface area contributed by atoms with Crippen LogP contribution in [-0.4, -0.2) is 42.5 Å². The van der Waals surface area contributed by atoms with E-state index in [2.05, 4.69) is 33.9 Å². The number of nitrogens with zero attached hydrogens (tertiary/aromatic N) is 1. The predicted octanol–water partition coefficient (Wildman–Crippen LogP) is 2.69. The molecule has 1 aliphatic rings. The smallest absolute Gasteiger partial charge is 0.322 e. The summed E-state index contributed by atoms with van der Waals surface area (Å²) in [5.41, 5.74) is 0. The van der Waals surface area contributed by atoms with Crippen molar-refractivity contribution in [1.82, 2.24) is 4.42 Å². The number of carboxylic acids is 1. The van der Waals surface area contributed by atoms with Crippen LogP contribution < -0.4 is 0 Å². The molecule has 0 aromatic rings. The summed E-state index contributed by atoms with van der Waals surface area (Å²) in [6.45, 7) is 11.3. The SMILES string of the molecule is CC(C)(C)[Si](C)(C)OC1C[C@H](C(=O)O)N(Cl)C1. The van der Waals surface area contributed by atoms with Crippen LogP contribution in [0.5, 0.6) is 0 Å². The molecule has 0 bridgehead atoms. The molecule has 1 rings (SSSR count). The maximum atomic E-state index is 10.9. The van der Waals surface area contributed by atoms with Crippen LogP contribution in [0.25, 0.3) is 0 Å². The summed E-state index contributed by atoms with van der Waals surface area (Å²) < 4.78 is 7.51. The Bertz CT molecular complexity index is 304. The van der Waals surface area contributed by atoms with E-state index in [-0.39, 0.29) is 11.1 Å². The molecular weight excluding hydrogens is 258 g/mol. The molecule has 0 aliphatic carbocycles. The summed E-state index contributed by atoms with van der Waals surface area (Å²) >= 11 is 5.90. The quantitative estimate of drug-likeness (QED) is 0.637. The van der Waals surface area contributed by atoms with Gasteiger partial charge >= 0.3 is 5.97 Å². The maximum absolute atomic E-state index is 10.9. The number of aliphatic carboxylic acids is 1. The number of rotatable bonds is 3. The highest BCUT2D eigenvalue weighted by Gasteiger charge is 2.43. The first-order valence-corrected chi connectivity index (χ1v) is 9.12. The van der Waals surface area contributed by atoms with Gasteiger partial charge in [0.15, 0.2) is 8.32 Å². The zero-order valence-corrected chi connectivity index (χ0v) is 12.9. The lowest BCUT2D eigenvalue weighted by Gasteiger charge is -2.38. The molecule has 0 spiro atoms. The van der Waals surface area contributed by atoms with Gasteiger partial charge in [-0.2, -0.15) is 0 Å². The summed E-state index contributed by atoms with van der Waals surface area (Å²) in [4.78, 5) is 10.9. The van der Waals surface area contributed by atoms with E-state index in [0.717, 1.165) is 0 Å². The standard InChI is InChI=1S/C11H22ClNO3Si/c1-11(2,3)17(4,5)16-8-6-9(10(14)15)13(12)7-8/h8-9H,6-7H2,1-5H3,(H,14,15)/t8?,9-/m1/s1. The van der Waals surface area contributed by atoms with Gasteiger partial charge in [-0.15, -0.1) is 0 Å². The molecular formula is C11H22ClNO3Si. The van der Waals surface area contributed by atoms with Crippen LogP contribution in [-0.2, 0) is 9.22 Å². The molecule has 1 saturated heterocycles. The predicted molar refractivity (Wildman–Crippen MR) is 70.7 cm³/mol. The number of halogens is 1.